The van der Waals surface area contributed by atoms with E-state index in [9.17, 15) is 9.59 Å². The number of amides is 3. The number of quaternary nitrogens is 1. The average Bonchev–Trinajstić information content (AvgIpc) is 2.55. The summed E-state index contributed by atoms with van der Waals surface area (Å²) in [6, 6.07) is 12.7. The van der Waals surface area contributed by atoms with Crippen LogP contribution in [0.1, 0.15) is 29.7 Å². The number of nitrogens with two attached hydrogens (primary N) is 1. The summed E-state index contributed by atoms with van der Waals surface area (Å²) < 4.78 is 0. The van der Waals surface area contributed by atoms with Gasteiger partial charge in [0.2, 0.25) is 0 Å². The number of anilines is 1. The molecule has 0 spiro atoms. The Bertz CT molecular complexity index is 777. The molecule has 0 aromatic heterocycles. The maximum absolute atomic E-state index is 12.0. The molecule has 0 heterocycles. The van der Waals surface area contributed by atoms with Crippen molar-refractivity contribution >= 4 is 29.2 Å². The molecule has 0 aliphatic rings. The van der Waals surface area contributed by atoms with E-state index in [2.05, 4.69) is 10.6 Å². The van der Waals surface area contributed by atoms with Crippen molar-refractivity contribution in [3.05, 3.63) is 64.2 Å². The van der Waals surface area contributed by atoms with Gasteiger partial charge in [-0.25, -0.2) is 4.79 Å². The van der Waals surface area contributed by atoms with Gasteiger partial charge in [0.1, 0.15) is 6.04 Å². The van der Waals surface area contributed by atoms with Gasteiger partial charge in [0.25, 0.3) is 5.91 Å². The summed E-state index contributed by atoms with van der Waals surface area (Å²) in [5.41, 5.74) is 3.78. The van der Waals surface area contributed by atoms with Crippen molar-refractivity contribution in [3.8, 4) is 0 Å². The van der Waals surface area contributed by atoms with Gasteiger partial charge in [-0.3, -0.25) is 10.1 Å². The fourth-order valence-corrected chi connectivity index (χ4v) is 2.69. The van der Waals surface area contributed by atoms with Gasteiger partial charge in [0, 0.05) is 16.3 Å². The highest BCUT2D eigenvalue weighted by Crippen LogP contribution is 2.16. The monoisotopic (exact) mass is 360 g/mol. The molecule has 0 fully saturated rings. The summed E-state index contributed by atoms with van der Waals surface area (Å²) in [6.07, 6.45) is 0. The summed E-state index contributed by atoms with van der Waals surface area (Å²) in [6.45, 7) is 6.02. The lowest BCUT2D eigenvalue weighted by Gasteiger charge is -2.12. The first kappa shape index (κ1) is 19.0. The van der Waals surface area contributed by atoms with Crippen molar-refractivity contribution in [2.75, 3.05) is 11.9 Å². The number of urea groups is 1. The Morgan fingerprint density at radius 1 is 1.16 bits per heavy atom. The second-order valence-corrected chi connectivity index (χ2v) is 6.54. The Morgan fingerprint density at radius 3 is 2.60 bits per heavy atom. The van der Waals surface area contributed by atoms with E-state index in [0.29, 0.717) is 10.7 Å². The van der Waals surface area contributed by atoms with Gasteiger partial charge in [-0.05, 0) is 44.5 Å². The minimum absolute atomic E-state index is 0.0619. The van der Waals surface area contributed by atoms with E-state index in [4.69, 9.17) is 11.6 Å². The van der Waals surface area contributed by atoms with E-state index in [1.807, 2.05) is 68.6 Å². The van der Waals surface area contributed by atoms with Crippen LogP contribution in [-0.2, 0) is 4.79 Å². The number of hydrogen-bond acceptors (Lipinski definition) is 2. The smallest absolute Gasteiger partial charge is 0.326 e. The molecule has 0 aliphatic heterocycles. The molecule has 0 radical (unpaired) electrons. The van der Waals surface area contributed by atoms with Crippen LogP contribution in [0.4, 0.5) is 10.5 Å². The van der Waals surface area contributed by atoms with E-state index in [1.165, 1.54) is 0 Å². The third-order valence-corrected chi connectivity index (χ3v) is 4.15. The van der Waals surface area contributed by atoms with Crippen LogP contribution in [0.25, 0.3) is 0 Å². The Labute approximate surface area is 152 Å². The molecule has 0 aliphatic carbocycles. The van der Waals surface area contributed by atoms with Crippen molar-refractivity contribution in [1.29, 1.82) is 0 Å². The highest BCUT2D eigenvalue weighted by molar-refractivity contribution is 6.30. The summed E-state index contributed by atoms with van der Waals surface area (Å²) in [4.78, 5) is 23.9. The van der Waals surface area contributed by atoms with Gasteiger partial charge >= 0.3 is 6.03 Å². The van der Waals surface area contributed by atoms with Gasteiger partial charge in [-0.15, -0.1) is 0 Å². The van der Waals surface area contributed by atoms with Crippen LogP contribution in [-0.4, -0.2) is 18.5 Å². The van der Waals surface area contributed by atoms with E-state index >= 15 is 0 Å². The zero-order valence-corrected chi connectivity index (χ0v) is 15.4. The molecule has 25 heavy (non-hydrogen) atoms. The highest BCUT2D eigenvalue weighted by Gasteiger charge is 2.14. The number of carbonyl (C=O) groups excluding carboxylic acids is 2. The van der Waals surface area contributed by atoms with Crippen LogP contribution in [0.2, 0.25) is 5.02 Å². The number of nitrogens with one attached hydrogen (secondary N) is 2. The average molecular weight is 361 g/mol. The van der Waals surface area contributed by atoms with Gasteiger partial charge < -0.3 is 10.6 Å². The van der Waals surface area contributed by atoms with Crippen LogP contribution in [0.15, 0.2) is 42.5 Å². The number of halogens is 1. The van der Waals surface area contributed by atoms with Crippen LogP contribution in [0.3, 0.4) is 0 Å². The second kappa shape index (κ2) is 8.65. The van der Waals surface area contributed by atoms with E-state index in [-0.39, 0.29) is 18.5 Å². The lowest BCUT2D eigenvalue weighted by molar-refractivity contribution is -0.682. The molecule has 6 heteroatoms. The molecule has 0 bridgehead atoms. The largest absolute Gasteiger partial charge is 0.333 e. The fraction of sp³-hybridized carbons (Fsp3) is 0.263. The van der Waals surface area contributed by atoms with Crippen LogP contribution in [0, 0.1) is 13.8 Å². The van der Waals surface area contributed by atoms with Crippen molar-refractivity contribution in [2.24, 2.45) is 0 Å². The molecule has 2 aromatic carbocycles. The normalized spacial score (nSPS) is 11.7. The second-order valence-electron chi connectivity index (χ2n) is 6.10. The van der Waals surface area contributed by atoms with Crippen LogP contribution in [0.5, 0.6) is 0 Å². The minimum atomic E-state index is -0.527. The van der Waals surface area contributed by atoms with Gasteiger partial charge in [0.15, 0.2) is 6.54 Å². The van der Waals surface area contributed by atoms with Crippen molar-refractivity contribution in [2.45, 2.75) is 26.8 Å². The lowest BCUT2D eigenvalue weighted by Crippen LogP contribution is -2.87. The number of rotatable bonds is 5. The molecule has 3 amide bonds. The number of imide groups is 1. The summed E-state index contributed by atoms with van der Waals surface area (Å²) in [5, 5.41) is 7.55. The van der Waals surface area contributed by atoms with Gasteiger partial charge in [-0.2, -0.15) is 0 Å². The Hall–Kier alpha value is -2.37. The quantitative estimate of drug-likeness (QED) is 0.766. The zero-order chi connectivity index (χ0) is 18.4. The summed E-state index contributed by atoms with van der Waals surface area (Å²) in [5.74, 6) is -0.351. The predicted molar refractivity (Wildman–Crippen MR) is 99.7 cm³/mol. The molecular weight excluding hydrogens is 338 g/mol. The molecule has 5 nitrogen and oxygen atoms in total. The molecule has 0 unspecified atom stereocenters. The lowest BCUT2D eigenvalue weighted by atomic mass is 10.1. The molecule has 0 saturated carbocycles. The fourth-order valence-electron chi connectivity index (χ4n) is 2.49. The maximum atomic E-state index is 12.0. The molecule has 1 atom stereocenters. The molecule has 2 rings (SSSR count). The highest BCUT2D eigenvalue weighted by atomic mass is 35.5. The molecule has 4 N–H and O–H groups in total. The Balaban J connectivity index is 1.82. The number of carbonyl (C=O) groups is 2. The molecular formula is C19H23ClN3O2+. The first-order valence-electron chi connectivity index (χ1n) is 8.12. The number of benzene rings is 2. The van der Waals surface area contributed by atoms with Gasteiger partial charge in [0.05, 0.1) is 0 Å². The predicted octanol–water partition coefficient (Wildman–Crippen LogP) is 2.93. The van der Waals surface area contributed by atoms with Crippen LogP contribution >= 0.6 is 11.6 Å². The van der Waals surface area contributed by atoms with Crippen molar-refractivity contribution in [3.63, 3.8) is 0 Å². The third kappa shape index (κ3) is 5.89. The van der Waals surface area contributed by atoms with E-state index < -0.39 is 6.03 Å². The Kier molecular flexibility index (Phi) is 6.56. The summed E-state index contributed by atoms with van der Waals surface area (Å²) >= 11 is 5.97. The van der Waals surface area contributed by atoms with E-state index in [0.717, 1.165) is 16.7 Å². The van der Waals surface area contributed by atoms with Crippen molar-refractivity contribution in [1.82, 2.24) is 5.32 Å². The van der Waals surface area contributed by atoms with Crippen LogP contribution < -0.4 is 16.0 Å². The van der Waals surface area contributed by atoms with Crippen molar-refractivity contribution < 1.29 is 14.9 Å². The minimum Gasteiger partial charge on any atom is -0.333 e. The number of aryl methyl sites for hydroxylation is 2. The van der Waals surface area contributed by atoms with Gasteiger partial charge in [-0.1, -0.05) is 41.4 Å². The first-order valence-corrected chi connectivity index (χ1v) is 8.50. The topological polar surface area (TPSA) is 74.8 Å². The molecule has 2 aromatic rings. The first-order chi connectivity index (χ1) is 11.8. The third-order valence-electron chi connectivity index (χ3n) is 3.91. The molecule has 132 valence electrons. The standard InChI is InChI=1S/C19H22ClN3O2/c1-12-7-8-17(13(2)9-12)22-19(25)23-18(24)11-21-14(3)15-5-4-6-16(20)10-15/h4-10,14,21H,11H2,1-3H3,(H2,22,23,24,25)/p+1/t14-/m1/s1. The Morgan fingerprint density at radius 2 is 1.92 bits per heavy atom. The van der Waals surface area contributed by atoms with E-state index in [1.54, 1.807) is 0 Å². The maximum Gasteiger partial charge on any atom is 0.326 e. The number of hydrogen-bond donors (Lipinski definition) is 3. The SMILES string of the molecule is Cc1ccc(NC(=O)NC(=O)C[NH2+][C@H](C)c2cccc(Cl)c2)c(C)c1. The summed E-state index contributed by atoms with van der Waals surface area (Å²) in [7, 11) is 0. The molecule has 0 saturated heterocycles. The zero-order valence-electron chi connectivity index (χ0n) is 14.6.